The van der Waals surface area contributed by atoms with E-state index in [4.69, 9.17) is 14.6 Å². The van der Waals surface area contributed by atoms with E-state index in [9.17, 15) is 49.1 Å². The maximum Gasteiger partial charge on any atom is 0.451 e. The molecule has 0 aliphatic heterocycles. The Hall–Kier alpha value is -3.51. The number of hydrogen-bond acceptors (Lipinski definition) is 9. The number of aliphatic hydroxyl groups is 1. The number of benzene rings is 2. The molecule has 1 atom stereocenters. The number of nitrogens with one attached hydrogen (secondary N) is 2. The fraction of sp³-hybridized carbons (Fsp3) is 0.688. The molecule has 66 heavy (non-hydrogen) atoms. The van der Waals surface area contributed by atoms with Crippen LogP contribution >= 0.6 is 11.8 Å². The summed E-state index contributed by atoms with van der Waals surface area (Å²) in [5.74, 6) is -0.588. The molecule has 0 saturated carbocycles. The molecule has 0 fully saturated rings. The Bertz CT molecular complexity index is 1700. The Balaban J connectivity index is 0.000000661. The number of alkyl halides is 6. The van der Waals surface area contributed by atoms with Crippen LogP contribution in [0.5, 0.6) is 11.5 Å². The van der Waals surface area contributed by atoms with E-state index in [1.54, 1.807) is 12.1 Å². The number of carbonyl (C=O) groups excluding carboxylic acids is 3. The van der Waals surface area contributed by atoms with Crippen molar-refractivity contribution in [3.05, 3.63) is 59.7 Å². The first kappa shape index (κ1) is 60.5. The average molecular weight is 985 g/mol. The number of ketones is 1. The van der Waals surface area contributed by atoms with Crippen molar-refractivity contribution in [3.8, 4) is 11.5 Å². The third-order valence-corrected chi connectivity index (χ3v) is 13.1. The standard InChI is InChI=1S/C24H36F3NO5S.C24H38F3NO3S/c1-2-3-4-5-6-7-8-9-10-11-17-34(31,32)18-16-33-21-14-12-20(13-15-21)23(30)28-19-22(29)24(25,26)27;1-2-3-4-5-6-7-8-9-10-11-17-32-18-16-31-21-14-12-20(13-15-21)23(30)28-19-22(29)24(25,26)27/h12-15H,2-11,16-19H2,1H3,(H,28,30);12-15,22,29H,2-11,16-19H2,1H3,(H,28,30). The summed E-state index contributed by atoms with van der Waals surface area (Å²) in [6, 6.07) is 11.7. The normalized spacial score (nSPS) is 12.2. The second-order valence-corrected chi connectivity index (χ2v) is 19.8. The fourth-order valence-corrected chi connectivity index (χ4v) is 8.38. The molecular weight excluding hydrogens is 911 g/mol. The molecule has 18 heteroatoms. The second-order valence-electron chi connectivity index (χ2n) is 16.2. The minimum Gasteiger partial charge on any atom is -0.493 e. The van der Waals surface area contributed by atoms with Crippen molar-refractivity contribution in [2.75, 3.05) is 49.3 Å². The highest BCUT2D eigenvalue weighted by atomic mass is 32.2. The van der Waals surface area contributed by atoms with Crippen molar-refractivity contribution in [1.29, 1.82) is 0 Å². The van der Waals surface area contributed by atoms with Crippen LogP contribution in [-0.4, -0.2) is 98.9 Å². The summed E-state index contributed by atoms with van der Waals surface area (Å²) in [5.41, 5.74) is 0.262. The third kappa shape index (κ3) is 31.5. The summed E-state index contributed by atoms with van der Waals surface area (Å²) in [4.78, 5) is 34.5. The van der Waals surface area contributed by atoms with Gasteiger partial charge in [-0.2, -0.15) is 38.1 Å². The number of Topliss-reactive ketones (excluding diaryl/α,β-unsaturated/α-hetero) is 1. The topological polar surface area (TPSA) is 148 Å². The Kier molecular flexibility index (Phi) is 32.6. The van der Waals surface area contributed by atoms with E-state index < -0.39 is 59.0 Å². The van der Waals surface area contributed by atoms with Gasteiger partial charge in [0, 0.05) is 16.9 Å². The lowest BCUT2D eigenvalue weighted by Gasteiger charge is -2.15. The summed E-state index contributed by atoms with van der Waals surface area (Å²) in [7, 11) is -3.22. The van der Waals surface area contributed by atoms with Gasteiger partial charge >= 0.3 is 12.4 Å². The Labute approximate surface area is 393 Å². The molecule has 2 aromatic carbocycles. The minimum absolute atomic E-state index is 0.0360. The number of halogens is 6. The number of rotatable bonds is 36. The van der Waals surface area contributed by atoms with Crippen molar-refractivity contribution >= 4 is 39.2 Å². The highest BCUT2D eigenvalue weighted by Crippen LogP contribution is 2.20. The van der Waals surface area contributed by atoms with Crippen molar-refractivity contribution in [2.24, 2.45) is 0 Å². The Morgan fingerprint density at radius 3 is 1.42 bits per heavy atom. The summed E-state index contributed by atoms with van der Waals surface area (Å²) >= 11 is 1.86. The Morgan fingerprint density at radius 1 is 0.576 bits per heavy atom. The molecule has 0 aliphatic rings. The lowest BCUT2D eigenvalue weighted by Crippen LogP contribution is -2.40. The predicted molar refractivity (Wildman–Crippen MR) is 251 cm³/mol. The molecule has 0 bridgehead atoms. The molecule has 0 spiro atoms. The number of ether oxygens (including phenoxy) is 2. The average Bonchev–Trinajstić information content (AvgIpc) is 3.27. The fourth-order valence-electron chi connectivity index (χ4n) is 6.39. The van der Waals surface area contributed by atoms with Gasteiger partial charge in [-0.25, -0.2) is 8.42 Å². The van der Waals surface area contributed by atoms with Crippen LogP contribution in [0.15, 0.2) is 48.5 Å². The van der Waals surface area contributed by atoms with E-state index in [2.05, 4.69) is 19.2 Å². The van der Waals surface area contributed by atoms with E-state index >= 15 is 0 Å². The van der Waals surface area contributed by atoms with Gasteiger partial charge in [-0.3, -0.25) is 14.4 Å². The predicted octanol–water partition coefficient (Wildman–Crippen LogP) is 11.6. The monoisotopic (exact) mass is 984 g/mol. The van der Waals surface area contributed by atoms with Gasteiger partial charge in [0.15, 0.2) is 15.9 Å². The molecule has 3 N–H and O–H groups in total. The lowest BCUT2D eigenvalue weighted by atomic mass is 10.1. The van der Waals surface area contributed by atoms with Crippen LogP contribution in [0.4, 0.5) is 26.3 Å². The lowest BCUT2D eigenvalue weighted by molar-refractivity contribution is -0.201. The van der Waals surface area contributed by atoms with Crippen LogP contribution in [-0.2, 0) is 14.6 Å². The zero-order chi connectivity index (χ0) is 49.1. The van der Waals surface area contributed by atoms with Crippen molar-refractivity contribution < 1.29 is 63.7 Å². The molecule has 2 aromatic rings. The summed E-state index contributed by atoms with van der Waals surface area (Å²) < 4.78 is 109. The zero-order valence-corrected chi connectivity index (χ0v) is 40.5. The highest BCUT2D eigenvalue weighted by Gasteiger charge is 2.39. The van der Waals surface area contributed by atoms with Crippen LogP contribution in [0.3, 0.4) is 0 Å². The van der Waals surface area contributed by atoms with E-state index in [0.717, 1.165) is 30.8 Å². The van der Waals surface area contributed by atoms with Gasteiger partial charge in [-0.15, -0.1) is 0 Å². The van der Waals surface area contributed by atoms with Gasteiger partial charge in [-0.1, -0.05) is 129 Å². The van der Waals surface area contributed by atoms with Gasteiger partial charge in [0.2, 0.25) is 0 Å². The van der Waals surface area contributed by atoms with E-state index in [-0.39, 0.29) is 29.2 Å². The molecule has 0 aromatic heterocycles. The smallest absolute Gasteiger partial charge is 0.451 e. The SMILES string of the molecule is CCCCCCCCCCCCS(=O)(=O)CCOc1ccc(C(=O)NCC(=O)C(F)(F)F)cc1.CCCCCCCCCCCCSCCOc1ccc(C(=O)NCC(O)C(F)(F)F)cc1. The van der Waals surface area contributed by atoms with Crippen LogP contribution < -0.4 is 20.1 Å². The van der Waals surface area contributed by atoms with Crippen LogP contribution in [0.1, 0.15) is 163 Å². The molecule has 0 heterocycles. The number of hydrogen-bond donors (Lipinski definition) is 3. The molecule has 2 amide bonds. The van der Waals surface area contributed by atoms with Crippen LogP contribution in [0.2, 0.25) is 0 Å². The number of unbranched alkanes of at least 4 members (excludes halogenated alkanes) is 18. The number of thioether (sulfide) groups is 1. The van der Waals surface area contributed by atoms with Gasteiger partial charge in [0.25, 0.3) is 17.6 Å². The third-order valence-electron chi connectivity index (χ3n) is 10.4. The first-order valence-corrected chi connectivity index (χ1v) is 26.5. The first-order chi connectivity index (χ1) is 31.4. The molecule has 2 rings (SSSR count). The molecular formula is C48H74F6N2O8S2. The van der Waals surface area contributed by atoms with Crippen LogP contribution in [0.25, 0.3) is 0 Å². The van der Waals surface area contributed by atoms with Crippen molar-refractivity contribution in [2.45, 2.75) is 161 Å². The molecule has 1 unspecified atom stereocenters. The maximum atomic E-state index is 12.3. The number of amides is 2. The van der Waals surface area contributed by atoms with Crippen molar-refractivity contribution in [1.82, 2.24) is 10.6 Å². The molecule has 10 nitrogen and oxygen atoms in total. The number of carbonyl (C=O) groups is 3. The van der Waals surface area contributed by atoms with Crippen molar-refractivity contribution in [3.63, 3.8) is 0 Å². The van der Waals surface area contributed by atoms with E-state index in [1.165, 1.54) is 139 Å². The molecule has 0 aliphatic carbocycles. The van der Waals surface area contributed by atoms with E-state index in [1.807, 2.05) is 17.1 Å². The van der Waals surface area contributed by atoms with Gasteiger partial charge in [0.1, 0.15) is 18.1 Å². The summed E-state index contributed by atoms with van der Waals surface area (Å²) in [6.45, 7) is 2.95. The van der Waals surface area contributed by atoms with Gasteiger partial charge < -0.3 is 25.2 Å². The first-order valence-electron chi connectivity index (χ1n) is 23.5. The Morgan fingerprint density at radius 2 is 0.985 bits per heavy atom. The number of aliphatic hydroxyl groups excluding tert-OH is 1. The van der Waals surface area contributed by atoms with Gasteiger partial charge in [-0.05, 0) is 67.1 Å². The maximum absolute atomic E-state index is 12.3. The highest BCUT2D eigenvalue weighted by molar-refractivity contribution is 7.99. The largest absolute Gasteiger partial charge is 0.493 e. The second kappa shape index (κ2) is 35.6. The molecule has 0 radical (unpaired) electrons. The number of sulfone groups is 1. The molecule has 378 valence electrons. The molecule has 0 saturated heterocycles. The van der Waals surface area contributed by atoms with Crippen LogP contribution in [0, 0.1) is 0 Å². The zero-order valence-electron chi connectivity index (χ0n) is 38.9. The van der Waals surface area contributed by atoms with E-state index in [0.29, 0.717) is 24.5 Å². The summed E-state index contributed by atoms with van der Waals surface area (Å²) in [6.07, 6.45) is 12.3. The minimum atomic E-state index is -5.00. The van der Waals surface area contributed by atoms with Gasteiger partial charge in [0.05, 0.1) is 31.2 Å². The quantitative estimate of drug-likeness (QED) is 0.0448. The summed E-state index contributed by atoms with van der Waals surface area (Å²) in [5, 5.41) is 12.9.